The zero-order valence-electron chi connectivity index (χ0n) is 22.9. The largest absolute Gasteiger partial charge is 0.299 e. The van der Waals surface area contributed by atoms with Gasteiger partial charge in [-0.15, -0.1) is 0 Å². The summed E-state index contributed by atoms with van der Waals surface area (Å²) in [6.07, 6.45) is 13.2. The fourth-order valence-corrected chi connectivity index (χ4v) is 10.3. The Morgan fingerprint density at radius 2 is 1.62 bits per heavy atom. The number of rotatable bonds is 7. The Labute approximate surface area is 209 Å². The predicted molar refractivity (Wildman–Crippen MR) is 139 cm³/mol. The van der Waals surface area contributed by atoms with Gasteiger partial charge in [0.2, 0.25) is 0 Å². The second kappa shape index (κ2) is 8.98. The number of ketones is 1. The Balaban J connectivity index is 1.35. The van der Waals surface area contributed by atoms with Gasteiger partial charge in [-0.25, -0.2) is 0 Å². The van der Waals surface area contributed by atoms with Gasteiger partial charge in [0.05, 0.1) is 6.04 Å². The summed E-state index contributed by atoms with van der Waals surface area (Å²) >= 11 is 0. The molecule has 0 aromatic rings. The summed E-state index contributed by atoms with van der Waals surface area (Å²) in [4.78, 5) is 25.7. The maximum absolute atomic E-state index is 13.5. The van der Waals surface area contributed by atoms with Gasteiger partial charge in [-0.05, 0) is 122 Å². The minimum Gasteiger partial charge on any atom is -0.299 e. The molecule has 3 heteroatoms. The molecule has 0 aromatic heterocycles. The normalized spacial score (nSPS) is 46.9. The van der Waals surface area contributed by atoms with E-state index in [2.05, 4.69) is 46.7 Å². The molecule has 5 aliphatic rings. The first-order valence-electron chi connectivity index (χ1n) is 14.9. The second-order valence-corrected chi connectivity index (χ2v) is 14.7. The molecule has 0 aliphatic heterocycles. The molecule has 0 aromatic carbocycles. The minimum atomic E-state index is -0.0158. The molecule has 0 bridgehead atoms. The van der Waals surface area contributed by atoms with Crippen LogP contribution in [0.5, 0.6) is 0 Å². The summed E-state index contributed by atoms with van der Waals surface area (Å²) in [7, 11) is 0. The van der Waals surface area contributed by atoms with Gasteiger partial charge >= 0.3 is 0 Å². The van der Waals surface area contributed by atoms with E-state index in [1.807, 2.05) is 0 Å². The van der Waals surface area contributed by atoms with E-state index in [1.165, 1.54) is 51.4 Å². The van der Waals surface area contributed by atoms with Crippen LogP contribution in [-0.2, 0) is 4.79 Å². The molecule has 5 aliphatic carbocycles. The van der Waals surface area contributed by atoms with Crippen molar-refractivity contribution in [2.45, 2.75) is 118 Å². The molecule has 3 nitrogen and oxygen atoms in total. The average molecular weight is 470 g/mol. The Morgan fingerprint density at radius 1 is 0.941 bits per heavy atom. The number of fused-ring (bicyclic) bond motifs is 5. The quantitative estimate of drug-likeness (QED) is 0.352. The van der Waals surface area contributed by atoms with Crippen LogP contribution >= 0.6 is 0 Å². The van der Waals surface area contributed by atoms with Crippen molar-refractivity contribution in [1.29, 1.82) is 0 Å². The molecule has 0 saturated heterocycles. The van der Waals surface area contributed by atoms with Crippen LogP contribution in [-0.4, -0.2) is 11.8 Å². The summed E-state index contributed by atoms with van der Waals surface area (Å²) in [5.41, 5.74) is 0.535. The van der Waals surface area contributed by atoms with Crippen molar-refractivity contribution in [3.05, 3.63) is 4.91 Å². The topological polar surface area (TPSA) is 46.5 Å². The summed E-state index contributed by atoms with van der Waals surface area (Å²) in [5.74, 6) is 6.59. The van der Waals surface area contributed by atoms with Gasteiger partial charge in [0.1, 0.15) is 5.78 Å². The first kappa shape index (κ1) is 24.9. The third-order valence-electron chi connectivity index (χ3n) is 12.8. The van der Waals surface area contributed by atoms with Gasteiger partial charge in [-0.1, -0.05) is 53.1 Å². The van der Waals surface area contributed by atoms with Gasteiger partial charge in [-0.3, -0.25) is 4.79 Å². The number of carbonyl (C=O) groups excluding carboxylic acids is 1. The summed E-state index contributed by atoms with van der Waals surface area (Å²) in [5, 5.41) is 3.85. The monoisotopic (exact) mass is 469 g/mol. The molecule has 34 heavy (non-hydrogen) atoms. The van der Waals surface area contributed by atoms with Crippen LogP contribution in [0.4, 0.5) is 0 Å². The Morgan fingerprint density at radius 3 is 2.26 bits per heavy atom. The second-order valence-electron chi connectivity index (χ2n) is 14.7. The van der Waals surface area contributed by atoms with Crippen LogP contribution in [0, 0.1) is 74.9 Å². The molecule has 192 valence electrons. The number of Topliss-reactive ketones (excluding diaryl/α,β-unsaturated/α-hetero) is 1. The van der Waals surface area contributed by atoms with Gasteiger partial charge in [0.25, 0.3) is 0 Å². The van der Waals surface area contributed by atoms with Crippen LogP contribution in [0.1, 0.15) is 112 Å². The molecule has 5 rings (SSSR count). The highest BCUT2D eigenvalue weighted by Crippen LogP contribution is 2.68. The zero-order valence-corrected chi connectivity index (χ0v) is 22.9. The Kier molecular flexibility index (Phi) is 6.59. The molecule has 0 radical (unpaired) electrons. The number of carbonyl (C=O) groups is 1. The van der Waals surface area contributed by atoms with Crippen molar-refractivity contribution in [3.8, 4) is 0 Å². The standard InChI is InChI=1S/C31H51NO2/c1-18(2)20(4)29(21-7-8-21)27(32-34)16-22-9-10-24-23-17-28(33)26-15-19(3)11-13-31(26,6)25(23)12-14-30(22,24)5/h18-27,29H,7-17H2,1-6H3/t19-,20?,22?,23?,24?,25?,26?,27?,29-,30+,31?/m0/s1. The van der Waals surface area contributed by atoms with Gasteiger partial charge in [-0.2, -0.15) is 4.91 Å². The van der Waals surface area contributed by atoms with E-state index >= 15 is 0 Å². The van der Waals surface area contributed by atoms with Crippen molar-refractivity contribution in [3.63, 3.8) is 0 Å². The maximum Gasteiger partial charge on any atom is 0.136 e. The number of hydrogen-bond acceptors (Lipinski definition) is 3. The Hall–Kier alpha value is -0.730. The van der Waals surface area contributed by atoms with Crippen molar-refractivity contribution >= 4 is 5.78 Å². The van der Waals surface area contributed by atoms with Crippen molar-refractivity contribution in [2.75, 3.05) is 0 Å². The first-order chi connectivity index (χ1) is 16.1. The zero-order chi connectivity index (χ0) is 24.4. The van der Waals surface area contributed by atoms with Crippen molar-refractivity contribution < 1.29 is 4.79 Å². The van der Waals surface area contributed by atoms with E-state index in [-0.39, 0.29) is 11.5 Å². The lowest BCUT2D eigenvalue weighted by molar-refractivity contribution is -0.156. The fourth-order valence-electron chi connectivity index (χ4n) is 10.3. The van der Waals surface area contributed by atoms with Crippen LogP contribution in [0.3, 0.4) is 0 Å². The smallest absolute Gasteiger partial charge is 0.136 e. The molecule has 0 N–H and O–H groups in total. The average Bonchev–Trinajstić information content (AvgIpc) is 3.57. The number of nitroso groups, excluding NO2 is 1. The van der Waals surface area contributed by atoms with E-state index in [0.29, 0.717) is 58.5 Å². The summed E-state index contributed by atoms with van der Waals surface area (Å²) in [6, 6.07) is -0.0158. The van der Waals surface area contributed by atoms with Crippen molar-refractivity contribution in [1.82, 2.24) is 0 Å². The van der Waals surface area contributed by atoms with Gasteiger partial charge in [0.15, 0.2) is 0 Å². The fraction of sp³-hybridized carbons (Fsp3) is 0.968. The van der Waals surface area contributed by atoms with E-state index < -0.39 is 0 Å². The number of nitrogens with zero attached hydrogens (tertiary/aromatic N) is 1. The molecule has 0 amide bonds. The van der Waals surface area contributed by atoms with E-state index in [0.717, 1.165) is 31.1 Å². The molecular formula is C31H51NO2. The van der Waals surface area contributed by atoms with E-state index in [1.54, 1.807) is 0 Å². The van der Waals surface area contributed by atoms with Crippen molar-refractivity contribution in [2.24, 2.45) is 75.2 Å². The van der Waals surface area contributed by atoms with Crippen LogP contribution < -0.4 is 0 Å². The van der Waals surface area contributed by atoms with E-state index in [4.69, 9.17) is 0 Å². The summed E-state index contributed by atoms with van der Waals surface area (Å²) in [6.45, 7) is 14.4. The lowest BCUT2D eigenvalue weighted by atomic mass is 9.44. The molecule has 5 fully saturated rings. The minimum absolute atomic E-state index is 0.0158. The lowest BCUT2D eigenvalue weighted by Gasteiger charge is -2.60. The SMILES string of the molecule is CC(C)C(C)[C@@H](C1CC1)C(CC1CCC2C3CC(=O)C4C[C@@H](C)CCC4(C)C3CC[C@]12C)N=O. The Bertz CT molecular complexity index is 788. The summed E-state index contributed by atoms with van der Waals surface area (Å²) < 4.78 is 0. The molecule has 0 spiro atoms. The van der Waals surface area contributed by atoms with Gasteiger partial charge < -0.3 is 0 Å². The van der Waals surface area contributed by atoms with Crippen LogP contribution in [0.25, 0.3) is 0 Å². The molecule has 11 atom stereocenters. The van der Waals surface area contributed by atoms with Crippen LogP contribution in [0.15, 0.2) is 5.18 Å². The highest BCUT2D eigenvalue weighted by atomic mass is 16.3. The third-order valence-corrected chi connectivity index (χ3v) is 12.8. The number of hydrogen-bond donors (Lipinski definition) is 0. The molecule has 5 saturated carbocycles. The maximum atomic E-state index is 13.5. The van der Waals surface area contributed by atoms with Crippen LogP contribution in [0.2, 0.25) is 0 Å². The highest BCUT2D eigenvalue weighted by Gasteiger charge is 2.62. The predicted octanol–water partition coefficient (Wildman–Crippen LogP) is 8.30. The van der Waals surface area contributed by atoms with Gasteiger partial charge in [0, 0.05) is 12.3 Å². The lowest BCUT2D eigenvalue weighted by Crippen LogP contribution is -2.56. The first-order valence-corrected chi connectivity index (χ1v) is 14.9. The highest BCUT2D eigenvalue weighted by molar-refractivity contribution is 5.83. The molecular weight excluding hydrogens is 418 g/mol. The molecule has 0 heterocycles. The third kappa shape index (κ3) is 3.94. The molecule has 8 unspecified atom stereocenters. The van der Waals surface area contributed by atoms with E-state index in [9.17, 15) is 9.70 Å².